The van der Waals surface area contributed by atoms with Crippen LogP contribution in [-0.4, -0.2) is 25.6 Å². The molecule has 0 aliphatic rings. The normalized spacial score (nSPS) is 11.0. The molecule has 2 aromatic rings. The zero-order chi connectivity index (χ0) is 15.6. The number of aliphatic imine (C=N–C) groups is 1. The highest BCUT2D eigenvalue weighted by atomic mass is 127. The summed E-state index contributed by atoms with van der Waals surface area (Å²) in [7, 11) is 0. The van der Waals surface area contributed by atoms with Crippen LogP contribution in [0.5, 0.6) is 0 Å². The van der Waals surface area contributed by atoms with Crippen molar-refractivity contribution in [2.24, 2.45) is 4.99 Å². The monoisotopic (exact) mass is 447 g/mol. The molecule has 1 heterocycles. The quantitative estimate of drug-likeness (QED) is 0.385. The Morgan fingerprint density at radius 2 is 2.04 bits per heavy atom. The van der Waals surface area contributed by atoms with E-state index >= 15 is 0 Å². The van der Waals surface area contributed by atoms with Crippen LogP contribution in [0.4, 0.5) is 4.39 Å². The molecule has 1 aromatic carbocycles. The standard InChI is InChI=1S/C17H22FN3S.HI/c1-2-19-17(21-11-9-16-7-4-12-22-16)20-10-8-14-5-3-6-15(18)13-14;/h3-7,12-13H,2,8-11H2,1H3,(H2,19,20,21);1H. The van der Waals surface area contributed by atoms with Crippen molar-refractivity contribution in [3.8, 4) is 0 Å². The molecule has 0 aliphatic heterocycles. The second-order valence-electron chi connectivity index (χ2n) is 4.90. The van der Waals surface area contributed by atoms with Crippen LogP contribution in [0.3, 0.4) is 0 Å². The molecule has 0 radical (unpaired) electrons. The third-order valence-electron chi connectivity index (χ3n) is 3.15. The molecule has 0 aliphatic carbocycles. The predicted molar refractivity (Wildman–Crippen MR) is 108 cm³/mol. The fourth-order valence-electron chi connectivity index (χ4n) is 2.09. The number of halogens is 2. The van der Waals surface area contributed by atoms with E-state index < -0.39 is 0 Å². The van der Waals surface area contributed by atoms with E-state index in [9.17, 15) is 4.39 Å². The largest absolute Gasteiger partial charge is 0.357 e. The molecular formula is C17H23FIN3S. The number of benzene rings is 1. The Hall–Kier alpha value is -1.15. The number of nitrogens with one attached hydrogen (secondary N) is 2. The minimum absolute atomic E-state index is 0. The van der Waals surface area contributed by atoms with E-state index in [1.807, 2.05) is 13.0 Å². The van der Waals surface area contributed by atoms with Crippen molar-refractivity contribution in [1.82, 2.24) is 10.6 Å². The summed E-state index contributed by atoms with van der Waals surface area (Å²) in [6.45, 7) is 4.36. The van der Waals surface area contributed by atoms with Crippen molar-refractivity contribution < 1.29 is 4.39 Å². The summed E-state index contributed by atoms with van der Waals surface area (Å²) >= 11 is 1.76. The lowest BCUT2D eigenvalue weighted by Gasteiger charge is -2.11. The van der Waals surface area contributed by atoms with Crippen LogP contribution in [0, 0.1) is 5.82 Å². The van der Waals surface area contributed by atoms with Gasteiger partial charge in [-0.3, -0.25) is 4.99 Å². The first kappa shape index (κ1) is 19.9. The number of rotatable bonds is 7. The van der Waals surface area contributed by atoms with Crippen LogP contribution < -0.4 is 10.6 Å². The van der Waals surface area contributed by atoms with Crippen molar-refractivity contribution in [1.29, 1.82) is 0 Å². The molecule has 23 heavy (non-hydrogen) atoms. The van der Waals surface area contributed by atoms with Gasteiger partial charge < -0.3 is 10.6 Å². The van der Waals surface area contributed by atoms with Gasteiger partial charge in [0.05, 0.1) is 0 Å². The Morgan fingerprint density at radius 3 is 2.74 bits per heavy atom. The fourth-order valence-corrected chi connectivity index (χ4v) is 2.79. The van der Waals surface area contributed by atoms with Crippen molar-refractivity contribution in [3.05, 3.63) is 58.0 Å². The van der Waals surface area contributed by atoms with E-state index in [1.54, 1.807) is 23.5 Å². The number of hydrogen-bond donors (Lipinski definition) is 2. The topological polar surface area (TPSA) is 36.4 Å². The van der Waals surface area contributed by atoms with E-state index in [2.05, 4.69) is 33.1 Å². The van der Waals surface area contributed by atoms with Gasteiger partial charge in [-0.1, -0.05) is 18.2 Å². The Labute approximate surface area is 158 Å². The minimum Gasteiger partial charge on any atom is -0.357 e. The van der Waals surface area contributed by atoms with Crippen molar-refractivity contribution >= 4 is 41.3 Å². The zero-order valence-electron chi connectivity index (χ0n) is 13.2. The molecule has 0 amide bonds. The molecule has 0 saturated carbocycles. The van der Waals surface area contributed by atoms with E-state index in [0.717, 1.165) is 44.0 Å². The van der Waals surface area contributed by atoms with Gasteiger partial charge in [0.1, 0.15) is 5.82 Å². The maximum atomic E-state index is 13.1. The highest BCUT2D eigenvalue weighted by Crippen LogP contribution is 2.08. The van der Waals surface area contributed by atoms with E-state index in [0.29, 0.717) is 0 Å². The summed E-state index contributed by atoms with van der Waals surface area (Å²) in [5, 5.41) is 8.60. The van der Waals surface area contributed by atoms with Crippen molar-refractivity contribution in [2.75, 3.05) is 19.6 Å². The van der Waals surface area contributed by atoms with E-state index in [1.165, 1.54) is 10.9 Å². The fraction of sp³-hybridized carbons (Fsp3) is 0.353. The average Bonchev–Trinajstić information content (AvgIpc) is 3.01. The Balaban J connectivity index is 0.00000264. The summed E-state index contributed by atoms with van der Waals surface area (Å²) in [5.74, 6) is 0.629. The van der Waals surface area contributed by atoms with Gasteiger partial charge in [-0.05, 0) is 42.5 Å². The van der Waals surface area contributed by atoms with Gasteiger partial charge in [-0.15, -0.1) is 35.3 Å². The molecule has 0 bridgehead atoms. The predicted octanol–water partition coefficient (Wildman–Crippen LogP) is 3.85. The lowest BCUT2D eigenvalue weighted by atomic mass is 10.1. The lowest BCUT2D eigenvalue weighted by Crippen LogP contribution is -2.38. The van der Waals surface area contributed by atoms with Crippen LogP contribution >= 0.6 is 35.3 Å². The number of nitrogens with zero attached hydrogens (tertiary/aromatic N) is 1. The highest BCUT2D eigenvalue weighted by molar-refractivity contribution is 14.0. The molecule has 0 atom stereocenters. The molecule has 2 N–H and O–H groups in total. The van der Waals surface area contributed by atoms with Crippen LogP contribution in [0.25, 0.3) is 0 Å². The minimum atomic E-state index is -0.186. The smallest absolute Gasteiger partial charge is 0.191 e. The van der Waals surface area contributed by atoms with Crippen LogP contribution in [0.1, 0.15) is 17.4 Å². The van der Waals surface area contributed by atoms with Gasteiger partial charge in [-0.2, -0.15) is 0 Å². The molecule has 0 unspecified atom stereocenters. The van der Waals surface area contributed by atoms with Crippen LogP contribution in [-0.2, 0) is 12.8 Å². The summed E-state index contributed by atoms with van der Waals surface area (Å²) < 4.78 is 13.1. The van der Waals surface area contributed by atoms with Crippen LogP contribution in [0.2, 0.25) is 0 Å². The number of thiophene rings is 1. The molecule has 0 saturated heterocycles. The van der Waals surface area contributed by atoms with Gasteiger partial charge in [-0.25, -0.2) is 4.39 Å². The average molecular weight is 447 g/mol. The second-order valence-corrected chi connectivity index (χ2v) is 5.93. The lowest BCUT2D eigenvalue weighted by molar-refractivity contribution is 0.625. The van der Waals surface area contributed by atoms with Crippen molar-refractivity contribution in [2.45, 2.75) is 19.8 Å². The van der Waals surface area contributed by atoms with Gasteiger partial charge >= 0.3 is 0 Å². The van der Waals surface area contributed by atoms with Gasteiger partial charge in [0.2, 0.25) is 0 Å². The first-order valence-corrected chi connectivity index (χ1v) is 8.45. The summed E-state index contributed by atoms with van der Waals surface area (Å²) in [4.78, 5) is 5.91. The van der Waals surface area contributed by atoms with E-state index in [-0.39, 0.29) is 29.8 Å². The molecule has 0 fully saturated rings. The van der Waals surface area contributed by atoms with Gasteiger partial charge in [0.15, 0.2) is 5.96 Å². The summed E-state index contributed by atoms with van der Waals surface area (Å²) in [6.07, 6.45) is 1.73. The third-order valence-corrected chi connectivity index (χ3v) is 4.08. The summed E-state index contributed by atoms with van der Waals surface area (Å²) in [5.41, 5.74) is 0.988. The van der Waals surface area contributed by atoms with Gasteiger partial charge in [0.25, 0.3) is 0 Å². The summed E-state index contributed by atoms with van der Waals surface area (Å²) in [6, 6.07) is 10.9. The molecule has 0 spiro atoms. The maximum absolute atomic E-state index is 13.1. The Morgan fingerprint density at radius 1 is 1.17 bits per heavy atom. The molecule has 6 heteroatoms. The third kappa shape index (κ3) is 7.78. The highest BCUT2D eigenvalue weighted by Gasteiger charge is 1.99. The number of guanidine groups is 1. The maximum Gasteiger partial charge on any atom is 0.191 e. The Kier molecular flexibility index (Phi) is 9.86. The van der Waals surface area contributed by atoms with Crippen molar-refractivity contribution in [3.63, 3.8) is 0 Å². The molecule has 126 valence electrons. The van der Waals surface area contributed by atoms with Gasteiger partial charge in [0, 0.05) is 30.9 Å². The number of hydrogen-bond acceptors (Lipinski definition) is 2. The second kappa shape index (κ2) is 11.4. The first-order chi connectivity index (χ1) is 10.8. The molecule has 1 aromatic heterocycles. The molecular weight excluding hydrogens is 424 g/mol. The van der Waals surface area contributed by atoms with Crippen LogP contribution in [0.15, 0.2) is 46.8 Å². The zero-order valence-corrected chi connectivity index (χ0v) is 16.4. The van der Waals surface area contributed by atoms with E-state index in [4.69, 9.17) is 0 Å². The first-order valence-electron chi connectivity index (χ1n) is 7.57. The SMILES string of the molecule is CCNC(=NCCc1cccs1)NCCc1cccc(F)c1.I. The Bertz CT molecular complexity index is 587. The molecule has 3 nitrogen and oxygen atoms in total. The molecule has 2 rings (SSSR count).